The molecule has 0 saturated carbocycles. The van der Waals surface area contributed by atoms with E-state index >= 15 is 0 Å². The summed E-state index contributed by atoms with van der Waals surface area (Å²) in [4.78, 5) is 29.6. The summed E-state index contributed by atoms with van der Waals surface area (Å²) in [5.41, 5.74) is 2.54. The summed E-state index contributed by atoms with van der Waals surface area (Å²) < 4.78 is 0. The molecule has 114 valence electrons. The minimum atomic E-state index is -0.495. The topological polar surface area (TPSA) is 65.2 Å². The Balaban J connectivity index is 1.87. The number of aromatic nitrogens is 1. The number of hydrogen-bond acceptors (Lipinski definition) is 3. The number of nitrogens with zero attached hydrogens (tertiary/aromatic N) is 1. The Labute approximate surface area is 132 Å². The molecule has 1 unspecified atom stereocenters. The second kappa shape index (κ2) is 4.98. The van der Waals surface area contributed by atoms with Gasteiger partial charge in [0, 0.05) is 12.6 Å². The summed E-state index contributed by atoms with van der Waals surface area (Å²) in [6.07, 6.45) is -0.495. The van der Waals surface area contributed by atoms with Crippen molar-refractivity contribution in [2.24, 2.45) is 0 Å². The van der Waals surface area contributed by atoms with Crippen molar-refractivity contribution in [3.63, 3.8) is 0 Å². The van der Waals surface area contributed by atoms with Crippen LogP contribution in [0.4, 0.5) is 5.69 Å². The number of fused-ring (bicyclic) bond motifs is 2. The van der Waals surface area contributed by atoms with E-state index in [1.54, 1.807) is 6.07 Å². The van der Waals surface area contributed by atoms with E-state index in [0.717, 1.165) is 16.6 Å². The maximum absolute atomic E-state index is 12.5. The average Bonchev–Trinajstić information content (AvgIpc) is 2.58. The summed E-state index contributed by atoms with van der Waals surface area (Å²) in [7, 11) is 1.87. The van der Waals surface area contributed by atoms with Crippen LogP contribution >= 0.6 is 0 Å². The van der Waals surface area contributed by atoms with Crippen LogP contribution in [-0.2, 0) is 0 Å². The Hall–Kier alpha value is -3.08. The maximum Gasteiger partial charge on any atom is 0.255 e. The van der Waals surface area contributed by atoms with Gasteiger partial charge in [0.2, 0.25) is 0 Å². The Morgan fingerprint density at radius 3 is 2.61 bits per heavy atom. The highest BCUT2D eigenvalue weighted by Crippen LogP contribution is 2.30. The van der Waals surface area contributed by atoms with Crippen molar-refractivity contribution in [1.82, 2.24) is 10.3 Å². The van der Waals surface area contributed by atoms with E-state index in [9.17, 15) is 9.59 Å². The quantitative estimate of drug-likeness (QED) is 0.725. The molecular weight excluding hydrogens is 290 g/mol. The van der Waals surface area contributed by atoms with E-state index in [2.05, 4.69) is 10.3 Å². The normalized spacial score (nSPS) is 17.0. The van der Waals surface area contributed by atoms with Crippen LogP contribution in [0, 0.1) is 0 Å². The van der Waals surface area contributed by atoms with Gasteiger partial charge in [-0.15, -0.1) is 0 Å². The molecule has 4 rings (SSSR count). The third kappa shape index (κ3) is 2.09. The monoisotopic (exact) mass is 305 g/mol. The third-order valence-electron chi connectivity index (χ3n) is 4.26. The lowest BCUT2D eigenvalue weighted by Crippen LogP contribution is -2.46. The number of nitrogens with one attached hydrogen (secondary N) is 2. The van der Waals surface area contributed by atoms with Crippen LogP contribution in [0.5, 0.6) is 0 Å². The summed E-state index contributed by atoms with van der Waals surface area (Å²) in [6.45, 7) is 0. The number of H-pyrrole nitrogens is 1. The van der Waals surface area contributed by atoms with E-state index in [1.807, 2.05) is 60.5 Å². The van der Waals surface area contributed by atoms with Gasteiger partial charge in [0.1, 0.15) is 6.17 Å². The average molecular weight is 305 g/mol. The molecular formula is C18H15N3O2. The number of rotatable bonds is 1. The molecule has 2 N–H and O–H groups in total. The lowest BCUT2D eigenvalue weighted by atomic mass is 10.0. The number of aromatic amines is 1. The minimum Gasteiger partial charge on any atom is -0.350 e. The van der Waals surface area contributed by atoms with E-state index in [0.29, 0.717) is 11.1 Å². The zero-order chi connectivity index (χ0) is 16.0. The molecule has 5 heteroatoms. The number of para-hydroxylation sites is 2. The van der Waals surface area contributed by atoms with Crippen LogP contribution in [0.2, 0.25) is 0 Å². The van der Waals surface area contributed by atoms with Gasteiger partial charge in [-0.1, -0.05) is 30.3 Å². The fourth-order valence-corrected chi connectivity index (χ4v) is 3.06. The fourth-order valence-electron chi connectivity index (χ4n) is 3.06. The Bertz CT molecular complexity index is 977. The molecule has 2 heterocycles. The van der Waals surface area contributed by atoms with Gasteiger partial charge in [0.05, 0.1) is 16.8 Å². The number of anilines is 1. The summed E-state index contributed by atoms with van der Waals surface area (Å²) in [6, 6.07) is 16.8. The van der Waals surface area contributed by atoms with Gasteiger partial charge in [-0.2, -0.15) is 0 Å². The van der Waals surface area contributed by atoms with Crippen LogP contribution < -0.4 is 15.8 Å². The number of benzene rings is 2. The molecule has 1 aliphatic rings. The summed E-state index contributed by atoms with van der Waals surface area (Å²) >= 11 is 0. The molecule has 2 aromatic carbocycles. The van der Waals surface area contributed by atoms with Crippen LogP contribution in [0.25, 0.3) is 10.9 Å². The molecule has 0 fully saturated rings. The Kier molecular flexibility index (Phi) is 2.94. The molecule has 0 bridgehead atoms. The smallest absolute Gasteiger partial charge is 0.255 e. The molecule has 23 heavy (non-hydrogen) atoms. The zero-order valence-electron chi connectivity index (χ0n) is 12.5. The minimum absolute atomic E-state index is 0.170. The molecule has 0 spiro atoms. The second-order valence-corrected chi connectivity index (χ2v) is 5.65. The SMILES string of the molecule is CN1c2ccccc2C(=O)NC1c1cc2ccccc2[nH]c1=O. The Morgan fingerprint density at radius 2 is 1.74 bits per heavy atom. The van der Waals surface area contributed by atoms with Gasteiger partial charge in [-0.3, -0.25) is 9.59 Å². The molecule has 1 atom stereocenters. The summed E-state index contributed by atoms with van der Waals surface area (Å²) in [5, 5.41) is 3.85. The second-order valence-electron chi connectivity index (χ2n) is 5.65. The first-order valence-electron chi connectivity index (χ1n) is 7.40. The predicted molar refractivity (Wildman–Crippen MR) is 89.6 cm³/mol. The molecule has 5 nitrogen and oxygen atoms in total. The highest BCUT2D eigenvalue weighted by atomic mass is 16.2. The number of carbonyl (C=O) groups excluding carboxylic acids is 1. The fraction of sp³-hybridized carbons (Fsp3) is 0.111. The van der Waals surface area contributed by atoms with Crippen LogP contribution in [0.3, 0.4) is 0 Å². The van der Waals surface area contributed by atoms with Crippen molar-refractivity contribution in [3.8, 4) is 0 Å². The van der Waals surface area contributed by atoms with E-state index in [-0.39, 0.29) is 11.5 Å². The highest BCUT2D eigenvalue weighted by Gasteiger charge is 2.30. The van der Waals surface area contributed by atoms with Crippen LogP contribution in [0.15, 0.2) is 59.4 Å². The number of carbonyl (C=O) groups is 1. The third-order valence-corrected chi connectivity index (χ3v) is 4.26. The molecule has 0 radical (unpaired) electrons. The van der Waals surface area contributed by atoms with E-state index in [4.69, 9.17) is 0 Å². The van der Waals surface area contributed by atoms with Gasteiger partial charge < -0.3 is 15.2 Å². The molecule has 0 saturated heterocycles. The molecule has 1 amide bonds. The van der Waals surface area contributed by atoms with Crippen LogP contribution in [0.1, 0.15) is 22.1 Å². The van der Waals surface area contributed by atoms with Crippen molar-refractivity contribution < 1.29 is 4.79 Å². The predicted octanol–water partition coefficient (Wildman–Crippen LogP) is 2.41. The van der Waals surface area contributed by atoms with Crippen molar-refractivity contribution in [1.29, 1.82) is 0 Å². The molecule has 1 aliphatic heterocycles. The molecule has 0 aliphatic carbocycles. The first-order chi connectivity index (χ1) is 11.1. The zero-order valence-corrected chi connectivity index (χ0v) is 12.5. The molecule has 1 aromatic heterocycles. The van der Waals surface area contributed by atoms with Crippen molar-refractivity contribution in [3.05, 3.63) is 76.1 Å². The lowest BCUT2D eigenvalue weighted by molar-refractivity contribution is 0.0928. The number of hydrogen-bond donors (Lipinski definition) is 2. The number of pyridine rings is 1. The van der Waals surface area contributed by atoms with Gasteiger partial charge in [-0.25, -0.2) is 0 Å². The van der Waals surface area contributed by atoms with Crippen molar-refractivity contribution in [2.75, 3.05) is 11.9 Å². The van der Waals surface area contributed by atoms with E-state index in [1.165, 1.54) is 0 Å². The van der Waals surface area contributed by atoms with Crippen molar-refractivity contribution >= 4 is 22.5 Å². The number of amides is 1. The lowest BCUT2D eigenvalue weighted by Gasteiger charge is -2.36. The first kappa shape index (κ1) is 13.6. The van der Waals surface area contributed by atoms with Crippen molar-refractivity contribution in [2.45, 2.75) is 6.17 Å². The highest BCUT2D eigenvalue weighted by molar-refractivity contribution is 6.02. The summed E-state index contributed by atoms with van der Waals surface area (Å²) in [5.74, 6) is -0.170. The maximum atomic E-state index is 12.5. The van der Waals surface area contributed by atoms with Crippen LogP contribution in [-0.4, -0.2) is 17.9 Å². The van der Waals surface area contributed by atoms with Gasteiger partial charge in [0.15, 0.2) is 0 Å². The van der Waals surface area contributed by atoms with Gasteiger partial charge in [0.25, 0.3) is 11.5 Å². The van der Waals surface area contributed by atoms with Gasteiger partial charge in [-0.05, 0) is 29.7 Å². The standard InChI is InChI=1S/C18H15N3O2/c1-21-15-9-5-3-7-12(15)17(22)20-16(21)13-10-11-6-2-4-8-14(11)19-18(13)23/h2-10,16H,1H3,(H,19,23)(H,20,22). The largest absolute Gasteiger partial charge is 0.350 e. The van der Waals surface area contributed by atoms with E-state index < -0.39 is 6.17 Å². The van der Waals surface area contributed by atoms with Gasteiger partial charge >= 0.3 is 0 Å². The Morgan fingerprint density at radius 1 is 1.00 bits per heavy atom. The molecule has 3 aromatic rings. The first-order valence-corrected chi connectivity index (χ1v) is 7.40.